The molecular weight excluding hydrogens is 328 g/mol. The first-order chi connectivity index (χ1) is 12.3. The highest BCUT2D eigenvalue weighted by Crippen LogP contribution is 2.37. The number of likely N-dealkylation sites (tertiary alicyclic amines) is 1. The SMILES string of the molecule is N=C1C(CCCCCl)C(c2ccccc2)CCN1Cc1ccccc1. The number of nitrogens with one attached hydrogen (secondary N) is 1. The van der Waals surface area contributed by atoms with E-state index in [-0.39, 0.29) is 0 Å². The number of unbranched alkanes of at least 4 members (excludes halogenated alkanes) is 1. The van der Waals surface area contributed by atoms with Crippen LogP contribution in [0.1, 0.15) is 42.7 Å². The monoisotopic (exact) mass is 354 g/mol. The summed E-state index contributed by atoms with van der Waals surface area (Å²) < 4.78 is 0. The average Bonchev–Trinajstić information content (AvgIpc) is 2.66. The van der Waals surface area contributed by atoms with Gasteiger partial charge < -0.3 is 4.90 Å². The molecule has 0 spiro atoms. The summed E-state index contributed by atoms with van der Waals surface area (Å²) in [6.45, 7) is 1.80. The van der Waals surface area contributed by atoms with E-state index in [4.69, 9.17) is 17.0 Å². The summed E-state index contributed by atoms with van der Waals surface area (Å²) in [6, 6.07) is 21.3. The summed E-state index contributed by atoms with van der Waals surface area (Å²) in [5, 5.41) is 8.86. The van der Waals surface area contributed by atoms with E-state index >= 15 is 0 Å². The number of amidine groups is 1. The Balaban J connectivity index is 1.75. The topological polar surface area (TPSA) is 27.1 Å². The number of benzene rings is 2. The Hall–Kier alpha value is -1.80. The first-order valence-corrected chi connectivity index (χ1v) is 9.81. The van der Waals surface area contributed by atoms with Gasteiger partial charge in [0.2, 0.25) is 0 Å². The van der Waals surface area contributed by atoms with Gasteiger partial charge in [-0.15, -0.1) is 11.6 Å². The van der Waals surface area contributed by atoms with Gasteiger partial charge in [-0.2, -0.15) is 0 Å². The summed E-state index contributed by atoms with van der Waals surface area (Å²) in [6.07, 6.45) is 4.30. The maximum Gasteiger partial charge on any atom is 0.0998 e. The highest BCUT2D eigenvalue weighted by Gasteiger charge is 2.34. The van der Waals surface area contributed by atoms with Crippen LogP contribution in [0.4, 0.5) is 0 Å². The second kappa shape index (κ2) is 9.05. The minimum atomic E-state index is 0.295. The Morgan fingerprint density at radius 3 is 2.32 bits per heavy atom. The number of rotatable bonds is 7. The molecule has 2 unspecified atom stereocenters. The summed E-state index contributed by atoms with van der Waals surface area (Å²) in [5.41, 5.74) is 2.66. The van der Waals surface area contributed by atoms with Gasteiger partial charge in [0.05, 0.1) is 5.84 Å². The minimum absolute atomic E-state index is 0.295. The number of hydrogen-bond donors (Lipinski definition) is 1. The van der Waals surface area contributed by atoms with E-state index in [1.807, 2.05) is 6.07 Å². The molecule has 0 aliphatic carbocycles. The van der Waals surface area contributed by atoms with Gasteiger partial charge in [0.25, 0.3) is 0 Å². The number of piperidine rings is 1. The van der Waals surface area contributed by atoms with Gasteiger partial charge in [0, 0.05) is 24.9 Å². The van der Waals surface area contributed by atoms with E-state index in [1.165, 1.54) is 11.1 Å². The largest absolute Gasteiger partial charge is 0.356 e. The van der Waals surface area contributed by atoms with Crippen molar-refractivity contribution in [2.75, 3.05) is 12.4 Å². The molecule has 1 heterocycles. The fourth-order valence-corrected chi connectivity index (χ4v) is 4.09. The van der Waals surface area contributed by atoms with Crippen molar-refractivity contribution in [1.82, 2.24) is 4.90 Å². The number of alkyl halides is 1. The van der Waals surface area contributed by atoms with Crippen molar-refractivity contribution < 1.29 is 0 Å². The third kappa shape index (κ3) is 4.64. The molecule has 0 amide bonds. The van der Waals surface area contributed by atoms with Gasteiger partial charge in [-0.3, -0.25) is 5.41 Å². The number of nitrogens with zero attached hydrogens (tertiary/aromatic N) is 1. The van der Waals surface area contributed by atoms with Crippen LogP contribution in [-0.2, 0) is 6.54 Å². The molecule has 2 nitrogen and oxygen atoms in total. The third-order valence-corrected chi connectivity index (χ3v) is 5.50. The van der Waals surface area contributed by atoms with Crippen LogP contribution in [0.25, 0.3) is 0 Å². The minimum Gasteiger partial charge on any atom is -0.356 e. The van der Waals surface area contributed by atoms with Gasteiger partial charge in [0.1, 0.15) is 0 Å². The molecule has 132 valence electrons. The molecule has 1 fully saturated rings. The summed E-state index contributed by atoms with van der Waals surface area (Å²) in [7, 11) is 0. The molecule has 1 aliphatic heterocycles. The van der Waals surface area contributed by atoms with Gasteiger partial charge >= 0.3 is 0 Å². The third-order valence-electron chi connectivity index (χ3n) is 5.23. The maximum absolute atomic E-state index is 8.86. The van der Waals surface area contributed by atoms with E-state index in [9.17, 15) is 0 Å². The predicted octanol–water partition coefficient (Wildman–Crippen LogP) is 5.68. The van der Waals surface area contributed by atoms with Gasteiger partial charge in [-0.05, 0) is 36.3 Å². The Bertz CT molecular complexity index is 656. The van der Waals surface area contributed by atoms with E-state index in [0.29, 0.717) is 17.7 Å². The molecule has 0 aromatic heterocycles. The molecular formula is C22H27ClN2. The van der Waals surface area contributed by atoms with Crippen molar-refractivity contribution in [3.05, 3.63) is 71.8 Å². The van der Waals surface area contributed by atoms with Crippen LogP contribution in [0.5, 0.6) is 0 Å². The van der Waals surface area contributed by atoms with Crippen LogP contribution < -0.4 is 0 Å². The first kappa shape index (κ1) is 18.0. The van der Waals surface area contributed by atoms with Crippen LogP contribution in [0, 0.1) is 11.3 Å². The van der Waals surface area contributed by atoms with Gasteiger partial charge in [0.15, 0.2) is 0 Å². The van der Waals surface area contributed by atoms with E-state index in [1.54, 1.807) is 0 Å². The van der Waals surface area contributed by atoms with E-state index < -0.39 is 0 Å². The molecule has 3 heteroatoms. The first-order valence-electron chi connectivity index (χ1n) is 9.28. The number of halogens is 1. The average molecular weight is 355 g/mol. The van der Waals surface area contributed by atoms with Crippen molar-refractivity contribution in [1.29, 1.82) is 5.41 Å². The van der Waals surface area contributed by atoms with Crippen molar-refractivity contribution in [3.8, 4) is 0 Å². The van der Waals surface area contributed by atoms with Crippen LogP contribution in [0.3, 0.4) is 0 Å². The van der Waals surface area contributed by atoms with Crippen molar-refractivity contribution in [2.24, 2.45) is 5.92 Å². The molecule has 0 radical (unpaired) electrons. The molecule has 0 bridgehead atoms. The zero-order valence-corrected chi connectivity index (χ0v) is 15.5. The molecule has 2 atom stereocenters. The second-order valence-corrected chi connectivity index (χ2v) is 7.27. The van der Waals surface area contributed by atoms with Crippen LogP contribution >= 0.6 is 11.6 Å². The van der Waals surface area contributed by atoms with Crippen molar-refractivity contribution in [3.63, 3.8) is 0 Å². The van der Waals surface area contributed by atoms with Crippen LogP contribution in [0.15, 0.2) is 60.7 Å². The smallest absolute Gasteiger partial charge is 0.0998 e. The quantitative estimate of drug-likeness (QED) is 0.502. The molecule has 1 saturated heterocycles. The van der Waals surface area contributed by atoms with E-state index in [2.05, 4.69) is 59.5 Å². The highest BCUT2D eigenvalue weighted by molar-refractivity contribution is 6.17. The van der Waals surface area contributed by atoms with Gasteiger partial charge in [-0.1, -0.05) is 67.1 Å². The maximum atomic E-state index is 8.86. The fraction of sp³-hybridized carbons (Fsp3) is 0.409. The van der Waals surface area contributed by atoms with Gasteiger partial charge in [-0.25, -0.2) is 0 Å². The lowest BCUT2D eigenvalue weighted by molar-refractivity contribution is 0.282. The summed E-state index contributed by atoms with van der Waals surface area (Å²) >= 11 is 5.88. The molecule has 0 saturated carbocycles. The summed E-state index contributed by atoms with van der Waals surface area (Å²) in [5.74, 6) is 2.27. The predicted molar refractivity (Wildman–Crippen MR) is 106 cm³/mol. The lowest BCUT2D eigenvalue weighted by Gasteiger charge is -2.41. The Kier molecular flexibility index (Phi) is 6.52. The van der Waals surface area contributed by atoms with Crippen LogP contribution in [-0.4, -0.2) is 23.2 Å². The lowest BCUT2D eigenvalue weighted by atomic mass is 9.77. The second-order valence-electron chi connectivity index (χ2n) is 6.89. The molecule has 1 aliphatic rings. The Morgan fingerprint density at radius 1 is 0.960 bits per heavy atom. The molecule has 3 rings (SSSR count). The van der Waals surface area contributed by atoms with Crippen molar-refractivity contribution in [2.45, 2.75) is 38.1 Å². The molecule has 1 N–H and O–H groups in total. The zero-order chi connectivity index (χ0) is 17.5. The normalized spacial score (nSPS) is 20.7. The summed E-state index contributed by atoms with van der Waals surface area (Å²) in [4.78, 5) is 2.26. The van der Waals surface area contributed by atoms with Crippen LogP contribution in [0.2, 0.25) is 0 Å². The van der Waals surface area contributed by atoms with Crippen molar-refractivity contribution >= 4 is 17.4 Å². The fourth-order valence-electron chi connectivity index (χ4n) is 3.91. The zero-order valence-electron chi connectivity index (χ0n) is 14.7. The Labute approximate surface area is 156 Å². The lowest BCUT2D eigenvalue weighted by Crippen LogP contribution is -2.43. The van der Waals surface area contributed by atoms with E-state index in [0.717, 1.165) is 44.6 Å². The standard InChI is InChI=1S/C22H27ClN2/c23-15-8-7-13-21-20(19-11-5-2-6-12-19)14-16-25(22(21)24)17-18-9-3-1-4-10-18/h1-6,9-12,20-21,24H,7-8,13-17H2. The highest BCUT2D eigenvalue weighted by atomic mass is 35.5. The molecule has 2 aromatic carbocycles. The number of hydrogen-bond acceptors (Lipinski definition) is 1. The molecule has 2 aromatic rings. The Morgan fingerprint density at radius 2 is 1.64 bits per heavy atom. The molecule has 25 heavy (non-hydrogen) atoms.